The number of carbonyl (C=O) groups is 2. The summed E-state index contributed by atoms with van der Waals surface area (Å²) < 4.78 is 5.42. The van der Waals surface area contributed by atoms with E-state index < -0.39 is 6.04 Å². The van der Waals surface area contributed by atoms with Gasteiger partial charge >= 0.3 is 0 Å². The van der Waals surface area contributed by atoms with E-state index in [2.05, 4.69) is 15.3 Å². The SMILES string of the molecule is CCC(C(=O)N(C)C(C)(C)C)N1Cc2ccc(-c3nc(NC4CCOCC4)ncc3Cl)cc2C1=O. The molecule has 2 aliphatic rings. The van der Waals surface area contributed by atoms with Gasteiger partial charge in [0.1, 0.15) is 6.04 Å². The number of nitrogens with zero attached hydrogens (tertiary/aromatic N) is 4. The zero-order chi connectivity index (χ0) is 25.3. The minimum Gasteiger partial charge on any atom is -0.381 e. The molecule has 9 heteroatoms. The second kappa shape index (κ2) is 10.1. The highest BCUT2D eigenvalue weighted by Gasteiger charge is 2.38. The molecule has 4 rings (SSSR count). The molecule has 1 N–H and O–H groups in total. The van der Waals surface area contributed by atoms with Crippen LogP contribution in [0.1, 0.15) is 62.9 Å². The summed E-state index contributed by atoms with van der Waals surface area (Å²) >= 11 is 6.46. The molecule has 1 unspecified atom stereocenters. The van der Waals surface area contributed by atoms with Crippen molar-refractivity contribution in [1.29, 1.82) is 0 Å². The van der Waals surface area contributed by atoms with E-state index in [4.69, 9.17) is 16.3 Å². The molecule has 2 aliphatic heterocycles. The van der Waals surface area contributed by atoms with Crippen molar-refractivity contribution in [2.75, 3.05) is 25.6 Å². The van der Waals surface area contributed by atoms with Crippen LogP contribution in [-0.2, 0) is 16.1 Å². The third-order valence-electron chi connectivity index (χ3n) is 6.90. The number of halogens is 1. The highest BCUT2D eigenvalue weighted by molar-refractivity contribution is 6.33. The maximum atomic E-state index is 13.4. The van der Waals surface area contributed by atoms with Gasteiger partial charge < -0.3 is 19.9 Å². The van der Waals surface area contributed by atoms with Gasteiger partial charge in [0.05, 0.1) is 16.9 Å². The Morgan fingerprint density at radius 1 is 1.31 bits per heavy atom. The van der Waals surface area contributed by atoms with E-state index in [9.17, 15) is 9.59 Å². The molecule has 0 aliphatic carbocycles. The summed E-state index contributed by atoms with van der Waals surface area (Å²) in [4.78, 5) is 39.0. The standard InChI is InChI=1S/C26H34ClN5O3/c1-6-21(24(34)31(5)26(2,3)4)32-15-17-8-7-16(13-19(17)23(32)33)22-20(27)14-28-25(30-22)29-18-9-11-35-12-10-18/h7-8,13-14,18,21H,6,9-12,15H2,1-5H3,(H,28,29,30). The molecule has 2 amide bonds. The van der Waals surface area contributed by atoms with E-state index in [1.807, 2.05) is 45.9 Å². The minimum absolute atomic E-state index is 0.0518. The first-order valence-electron chi connectivity index (χ1n) is 12.2. The van der Waals surface area contributed by atoms with Crippen LogP contribution in [0.15, 0.2) is 24.4 Å². The van der Waals surface area contributed by atoms with Crippen LogP contribution in [-0.4, -0.2) is 69.5 Å². The fourth-order valence-corrected chi connectivity index (χ4v) is 4.67. The van der Waals surface area contributed by atoms with Crippen LogP contribution in [0.2, 0.25) is 5.02 Å². The maximum Gasteiger partial charge on any atom is 0.255 e. The molecule has 188 valence electrons. The van der Waals surface area contributed by atoms with Crippen molar-refractivity contribution in [3.05, 3.63) is 40.5 Å². The van der Waals surface area contributed by atoms with Crippen LogP contribution in [0.25, 0.3) is 11.3 Å². The van der Waals surface area contributed by atoms with Gasteiger partial charge in [-0.15, -0.1) is 0 Å². The Labute approximate surface area is 212 Å². The molecule has 8 nitrogen and oxygen atoms in total. The molecule has 0 radical (unpaired) electrons. The van der Waals surface area contributed by atoms with Crippen LogP contribution in [0, 0.1) is 0 Å². The van der Waals surface area contributed by atoms with Crippen LogP contribution in [0.5, 0.6) is 0 Å². The average molecular weight is 500 g/mol. The van der Waals surface area contributed by atoms with Crippen LogP contribution in [0.3, 0.4) is 0 Å². The summed E-state index contributed by atoms with van der Waals surface area (Å²) in [5.74, 6) is 0.311. The van der Waals surface area contributed by atoms with Crippen molar-refractivity contribution in [1.82, 2.24) is 19.8 Å². The molecular weight excluding hydrogens is 466 g/mol. The van der Waals surface area contributed by atoms with Gasteiger partial charge in [0.25, 0.3) is 5.91 Å². The Hall–Kier alpha value is -2.71. The van der Waals surface area contributed by atoms with Gasteiger partial charge in [0.2, 0.25) is 11.9 Å². The smallest absolute Gasteiger partial charge is 0.255 e. The summed E-state index contributed by atoms with van der Waals surface area (Å²) in [6, 6.07) is 5.42. The number of hydrogen-bond acceptors (Lipinski definition) is 6. The first kappa shape index (κ1) is 25.4. The molecule has 0 saturated carbocycles. The number of benzene rings is 1. The van der Waals surface area contributed by atoms with Crippen LogP contribution >= 0.6 is 11.6 Å². The monoisotopic (exact) mass is 499 g/mol. The molecule has 0 spiro atoms. The van der Waals surface area contributed by atoms with Crippen LogP contribution < -0.4 is 5.32 Å². The predicted octanol–water partition coefficient (Wildman–Crippen LogP) is 4.38. The number of fused-ring (bicyclic) bond motifs is 1. The van der Waals surface area contributed by atoms with Gasteiger partial charge in [0.15, 0.2) is 0 Å². The van der Waals surface area contributed by atoms with E-state index in [1.54, 1.807) is 23.0 Å². The summed E-state index contributed by atoms with van der Waals surface area (Å²) in [7, 11) is 1.79. The third-order valence-corrected chi connectivity index (χ3v) is 7.18. The second-order valence-electron chi connectivity index (χ2n) is 10.2. The molecule has 1 saturated heterocycles. The number of carbonyl (C=O) groups excluding carboxylic acids is 2. The predicted molar refractivity (Wildman–Crippen MR) is 136 cm³/mol. The highest BCUT2D eigenvalue weighted by atomic mass is 35.5. The second-order valence-corrected chi connectivity index (χ2v) is 10.6. The van der Waals surface area contributed by atoms with E-state index >= 15 is 0 Å². The van der Waals surface area contributed by atoms with Crippen molar-refractivity contribution in [3.63, 3.8) is 0 Å². The minimum atomic E-state index is -0.513. The van der Waals surface area contributed by atoms with E-state index in [1.165, 1.54) is 0 Å². The Morgan fingerprint density at radius 2 is 2.03 bits per heavy atom. The number of anilines is 1. The quantitative estimate of drug-likeness (QED) is 0.634. The van der Waals surface area contributed by atoms with Gasteiger partial charge in [-0.3, -0.25) is 9.59 Å². The fourth-order valence-electron chi connectivity index (χ4n) is 4.47. The molecule has 0 bridgehead atoms. The molecule has 1 aromatic carbocycles. The number of nitrogens with one attached hydrogen (secondary N) is 1. The number of hydrogen-bond donors (Lipinski definition) is 1. The van der Waals surface area contributed by atoms with Gasteiger partial charge in [-0.25, -0.2) is 9.97 Å². The summed E-state index contributed by atoms with van der Waals surface area (Å²) in [6.07, 6.45) is 3.92. The Bertz CT molecular complexity index is 1110. The first-order chi connectivity index (χ1) is 16.6. The Kier molecular flexibility index (Phi) is 7.33. The number of rotatable bonds is 6. The zero-order valence-corrected chi connectivity index (χ0v) is 21.9. The third kappa shape index (κ3) is 5.28. The maximum absolute atomic E-state index is 13.4. The van der Waals surface area contributed by atoms with Crippen molar-refractivity contribution in [2.45, 2.75) is 71.1 Å². The molecular formula is C26H34ClN5O3. The normalized spacial score (nSPS) is 17.3. The number of likely N-dealkylation sites (N-methyl/N-ethyl adjacent to an activating group) is 1. The lowest BCUT2D eigenvalue weighted by Gasteiger charge is -2.37. The number of amides is 2. The molecule has 35 heavy (non-hydrogen) atoms. The molecule has 1 atom stereocenters. The van der Waals surface area contributed by atoms with Crippen molar-refractivity contribution < 1.29 is 14.3 Å². The van der Waals surface area contributed by atoms with E-state index in [0.717, 1.165) is 24.0 Å². The van der Waals surface area contributed by atoms with Crippen molar-refractivity contribution in [2.24, 2.45) is 0 Å². The lowest BCUT2D eigenvalue weighted by atomic mass is 10.0. The molecule has 1 aromatic heterocycles. The fraction of sp³-hybridized carbons (Fsp3) is 0.538. The molecule has 1 fully saturated rings. The Balaban J connectivity index is 1.58. The summed E-state index contributed by atoms with van der Waals surface area (Å²) in [6.45, 7) is 9.74. The average Bonchev–Trinajstić information content (AvgIpc) is 3.16. The number of aromatic nitrogens is 2. The summed E-state index contributed by atoms with van der Waals surface area (Å²) in [5.41, 5.74) is 2.47. The highest BCUT2D eigenvalue weighted by Crippen LogP contribution is 2.33. The zero-order valence-electron chi connectivity index (χ0n) is 21.1. The van der Waals surface area contributed by atoms with Crippen LogP contribution in [0.4, 0.5) is 5.95 Å². The van der Waals surface area contributed by atoms with Crippen molar-refractivity contribution >= 4 is 29.4 Å². The van der Waals surface area contributed by atoms with Gasteiger partial charge in [0, 0.05) is 49.5 Å². The Morgan fingerprint density at radius 3 is 2.69 bits per heavy atom. The van der Waals surface area contributed by atoms with E-state index in [0.29, 0.717) is 48.4 Å². The topological polar surface area (TPSA) is 87.7 Å². The number of ether oxygens (including phenoxy) is 1. The summed E-state index contributed by atoms with van der Waals surface area (Å²) in [5, 5.41) is 3.78. The van der Waals surface area contributed by atoms with E-state index in [-0.39, 0.29) is 23.4 Å². The van der Waals surface area contributed by atoms with Crippen molar-refractivity contribution in [3.8, 4) is 11.3 Å². The first-order valence-corrected chi connectivity index (χ1v) is 12.6. The molecule has 2 aromatic rings. The van der Waals surface area contributed by atoms with Gasteiger partial charge in [-0.05, 0) is 51.7 Å². The van der Waals surface area contributed by atoms with Gasteiger partial charge in [-0.1, -0.05) is 30.7 Å². The lowest BCUT2D eigenvalue weighted by molar-refractivity contribution is -0.139. The van der Waals surface area contributed by atoms with Gasteiger partial charge in [-0.2, -0.15) is 0 Å². The lowest BCUT2D eigenvalue weighted by Crippen LogP contribution is -2.52. The molecule has 3 heterocycles. The largest absolute Gasteiger partial charge is 0.381 e.